The highest BCUT2D eigenvalue weighted by Crippen LogP contribution is 2.19. The van der Waals surface area contributed by atoms with Crippen molar-refractivity contribution in [3.05, 3.63) is 35.9 Å². The van der Waals surface area contributed by atoms with Gasteiger partial charge < -0.3 is 4.90 Å². The van der Waals surface area contributed by atoms with Crippen molar-refractivity contribution in [1.82, 2.24) is 9.80 Å². The summed E-state index contributed by atoms with van der Waals surface area (Å²) in [7, 11) is 2.30. The van der Waals surface area contributed by atoms with E-state index >= 15 is 0 Å². The van der Waals surface area contributed by atoms with Crippen molar-refractivity contribution in [3.8, 4) is 0 Å². The minimum atomic E-state index is 0.722. The first kappa shape index (κ1) is 26.2. The van der Waals surface area contributed by atoms with Gasteiger partial charge in [0, 0.05) is 12.6 Å². The Morgan fingerprint density at radius 2 is 1.38 bits per heavy atom. The lowest BCUT2D eigenvalue weighted by Crippen LogP contribution is -2.41. The average molecular weight is 403 g/mol. The van der Waals surface area contributed by atoms with Crippen LogP contribution in [0.15, 0.2) is 30.3 Å². The Morgan fingerprint density at radius 3 is 2.00 bits per heavy atom. The number of hydrogen-bond donors (Lipinski definition) is 0. The zero-order valence-electron chi connectivity index (χ0n) is 20.3. The first-order valence-corrected chi connectivity index (χ1v) is 12.5. The lowest BCUT2D eigenvalue weighted by molar-refractivity contribution is 0.141. The molecule has 0 bridgehead atoms. The molecule has 2 nitrogen and oxygen atoms in total. The van der Waals surface area contributed by atoms with Crippen molar-refractivity contribution in [2.75, 3.05) is 33.2 Å². The van der Waals surface area contributed by atoms with Crippen LogP contribution in [0.3, 0.4) is 0 Å². The zero-order valence-corrected chi connectivity index (χ0v) is 20.3. The SMILES string of the molecule is CCCCCCN(C)CCCCC(C(C)C)N(CCCC)CCc1ccccc1. The highest BCUT2D eigenvalue weighted by Gasteiger charge is 2.21. The molecule has 1 unspecified atom stereocenters. The molecule has 0 aromatic heterocycles. The molecule has 0 heterocycles. The van der Waals surface area contributed by atoms with Crippen LogP contribution in [0.5, 0.6) is 0 Å². The highest BCUT2D eigenvalue weighted by atomic mass is 15.2. The third kappa shape index (κ3) is 12.4. The van der Waals surface area contributed by atoms with Crippen LogP contribution in [-0.2, 0) is 6.42 Å². The van der Waals surface area contributed by atoms with Gasteiger partial charge in [-0.3, -0.25) is 4.90 Å². The van der Waals surface area contributed by atoms with Crippen molar-refractivity contribution in [1.29, 1.82) is 0 Å². The molecule has 0 spiro atoms. The van der Waals surface area contributed by atoms with Crippen LogP contribution in [0.1, 0.15) is 91.0 Å². The van der Waals surface area contributed by atoms with Crippen LogP contribution in [-0.4, -0.2) is 49.1 Å². The molecule has 0 amide bonds. The minimum absolute atomic E-state index is 0.722. The molecular formula is C27H50N2. The van der Waals surface area contributed by atoms with E-state index in [1.54, 1.807) is 0 Å². The molecule has 0 N–H and O–H groups in total. The number of benzene rings is 1. The molecule has 0 radical (unpaired) electrons. The van der Waals surface area contributed by atoms with Crippen molar-refractivity contribution in [3.63, 3.8) is 0 Å². The number of hydrogen-bond acceptors (Lipinski definition) is 2. The molecule has 0 saturated carbocycles. The van der Waals surface area contributed by atoms with Gasteiger partial charge in [-0.1, -0.05) is 90.1 Å². The molecule has 0 fully saturated rings. The van der Waals surface area contributed by atoms with Gasteiger partial charge in [-0.05, 0) is 70.3 Å². The van der Waals surface area contributed by atoms with E-state index in [1.165, 1.54) is 96.0 Å². The summed E-state index contributed by atoms with van der Waals surface area (Å²) in [5.74, 6) is 0.731. The number of unbranched alkanes of at least 4 members (excludes halogenated alkanes) is 5. The van der Waals surface area contributed by atoms with Crippen LogP contribution in [0.2, 0.25) is 0 Å². The molecule has 0 saturated heterocycles. The molecule has 1 aromatic carbocycles. The predicted octanol–water partition coefficient (Wildman–Crippen LogP) is 7.04. The fraction of sp³-hybridized carbons (Fsp3) is 0.778. The number of rotatable bonds is 18. The van der Waals surface area contributed by atoms with Crippen LogP contribution in [0, 0.1) is 5.92 Å². The first-order chi connectivity index (χ1) is 14.1. The average Bonchev–Trinajstić information content (AvgIpc) is 2.72. The lowest BCUT2D eigenvalue weighted by Gasteiger charge is -2.35. The summed E-state index contributed by atoms with van der Waals surface area (Å²) < 4.78 is 0. The van der Waals surface area contributed by atoms with Crippen LogP contribution < -0.4 is 0 Å². The fourth-order valence-electron chi connectivity index (χ4n) is 4.32. The van der Waals surface area contributed by atoms with E-state index in [1.807, 2.05) is 0 Å². The van der Waals surface area contributed by atoms with Gasteiger partial charge >= 0.3 is 0 Å². The largest absolute Gasteiger partial charge is 0.306 e. The van der Waals surface area contributed by atoms with Crippen molar-refractivity contribution in [2.45, 2.75) is 97.9 Å². The topological polar surface area (TPSA) is 6.48 Å². The van der Waals surface area contributed by atoms with Crippen LogP contribution >= 0.6 is 0 Å². The van der Waals surface area contributed by atoms with E-state index in [9.17, 15) is 0 Å². The molecule has 0 aliphatic heterocycles. The van der Waals surface area contributed by atoms with Gasteiger partial charge in [0.2, 0.25) is 0 Å². The molecular weight excluding hydrogens is 352 g/mol. The summed E-state index contributed by atoms with van der Waals surface area (Å²) in [6.45, 7) is 14.4. The Kier molecular flexibility index (Phi) is 15.2. The second-order valence-corrected chi connectivity index (χ2v) is 9.30. The quantitative estimate of drug-likeness (QED) is 0.243. The molecule has 0 aliphatic rings. The Bertz CT molecular complexity index is 471. The predicted molar refractivity (Wildman–Crippen MR) is 131 cm³/mol. The second-order valence-electron chi connectivity index (χ2n) is 9.30. The molecule has 168 valence electrons. The first-order valence-electron chi connectivity index (χ1n) is 12.5. The number of nitrogens with zero attached hydrogens (tertiary/aromatic N) is 2. The fourth-order valence-corrected chi connectivity index (χ4v) is 4.32. The van der Waals surface area contributed by atoms with E-state index in [2.05, 4.69) is 74.9 Å². The van der Waals surface area contributed by atoms with E-state index < -0.39 is 0 Å². The van der Waals surface area contributed by atoms with Gasteiger partial charge in [-0.25, -0.2) is 0 Å². The normalized spacial score (nSPS) is 13.0. The summed E-state index contributed by atoms with van der Waals surface area (Å²) in [5.41, 5.74) is 1.47. The molecule has 0 aliphatic carbocycles. The van der Waals surface area contributed by atoms with Gasteiger partial charge in [-0.2, -0.15) is 0 Å². The highest BCUT2D eigenvalue weighted by molar-refractivity contribution is 5.14. The van der Waals surface area contributed by atoms with E-state index in [-0.39, 0.29) is 0 Å². The molecule has 1 rings (SSSR count). The Balaban J connectivity index is 2.43. The summed E-state index contributed by atoms with van der Waals surface area (Å²) in [6.07, 6.45) is 13.3. The van der Waals surface area contributed by atoms with Gasteiger partial charge in [0.25, 0.3) is 0 Å². The maximum absolute atomic E-state index is 2.80. The molecule has 1 atom stereocenters. The van der Waals surface area contributed by atoms with Crippen LogP contribution in [0.4, 0.5) is 0 Å². The van der Waals surface area contributed by atoms with Gasteiger partial charge in [-0.15, -0.1) is 0 Å². The summed E-state index contributed by atoms with van der Waals surface area (Å²) in [5, 5.41) is 0. The Morgan fingerprint density at radius 1 is 0.724 bits per heavy atom. The molecule has 1 aromatic rings. The van der Waals surface area contributed by atoms with Gasteiger partial charge in [0.05, 0.1) is 0 Å². The summed E-state index contributed by atoms with van der Waals surface area (Å²) >= 11 is 0. The lowest BCUT2D eigenvalue weighted by atomic mass is 9.95. The maximum atomic E-state index is 2.80. The van der Waals surface area contributed by atoms with E-state index in [4.69, 9.17) is 0 Å². The maximum Gasteiger partial charge on any atom is 0.0118 e. The Labute approximate surface area is 183 Å². The van der Waals surface area contributed by atoms with Crippen molar-refractivity contribution >= 4 is 0 Å². The van der Waals surface area contributed by atoms with E-state index in [0.29, 0.717) is 0 Å². The molecule has 2 heteroatoms. The van der Waals surface area contributed by atoms with Crippen molar-refractivity contribution < 1.29 is 0 Å². The third-order valence-electron chi connectivity index (χ3n) is 6.25. The minimum Gasteiger partial charge on any atom is -0.306 e. The zero-order chi connectivity index (χ0) is 21.3. The monoisotopic (exact) mass is 402 g/mol. The summed E-state index contributed by atoms with van der Waals surface area (Å²) in [4.78, 5) is 5.35. The summed E-state index contributed by atoms with van der Waals surface area (Å²) in [6, 6.07) is 11.7. The van der Waals surface area contributed by atoms with Crippen molar-refractivity contribution in [2.24, 2.45) is 5.92 Å². The second kappa shape index (κ2) is 16.9. The Hall–Kier alpha value is -0.860. The third-order valence-corrected chi connectivity index (χ3v) is 6.25. The molecule has 29 heavy (non-hydrogen) atoms. The smallest absolute Gasteiger partial charge is 0.0118 e. The van der Waals surface area contributed by atoms with Crippen LogP contribution in [0.25, 0.3) is 0 Å². The van der Waals surface area contributed by atoms with E-state index in [0.717, 1.165) is 12.0 Å². The van der Waals surface area contributed by atoms with Gasteiger partial charge in [0.15, 0.2) is 0 Å². The van der Waals surface area contributed by atoms with Gasteiger partial charge in [0.1, 0.15) is 0 Å². The standard InChI is InChI=1S/C27H50N2/c1-6-8-10-15-21-28(5)22-16-14-19-27(25(3)4)29(23-9-7-2)24-20-26-17-12-11-13-18-26/h11-13,17-18,25,27H,6-10,14-16,19-24H2,1-5H3.